The predicted octanol–water partition coefficient (Wildman–Crippen LogP) is 1.19. The van der Waals surface area contributed by atoms with Crippen LogP contribution in [0.2, 0.25) is 0 Å². The third-order valence-corrected chi connectivity index (χ3v) is 3.80. The smallest absolute Gasteiger partial charge is 0.220 e. The maximum Gasteiger partial charge on any atom is 0.220 e. The van der Waals surface area contributed by atoms with Crippen molar-refractivity contribution in [2.75, 3.05) is 26.7 Å². The van der Waals surface area contributed by atoms with Crippen molar-refractivity contribution in [2.24, 2.45) is 5.92 Å². The number of carbonyl (C=O) groups is 2. The lowest BCUT2D eigenvalue weighted by Crippen LogP contribution is -2.35. The quantitative estimate of drug-likeness (QED) is 0.557. The van der Waals surface area contributed by atoms with Crippen LogP contribution in [0.4, 0.5) is 0 Å². The van der Waals surface area contributed by atoms with Crippen LogP contribution in [0.15, 0.2) is 0 Å². The molecule has 116 valence electrons. The maximum absolute atomic E-state index is 11.7. The molecular formula is C15H29N3O2. The molecule has 0 atom stereocenters. The Hall–Kier alpha value is -1.10. The summed E-state index contributed by atoms with van der Waals surface area (Å²) >= 11 is 0. The molecule has 5 heteroatoms. The highest BCUT2D eigenvalue weighted by Gasteiger charge is 2.16. The molecule has 20 heavy (non-hydrogen) atoms. The van der Waals surface area contributed by atoms with E-state index in [-0.39, 0.29) is 11.8 Å². The van der Waals surface area contributed by atoms with Gasteiger partial charge >= 0.3 is 0 Å². The van der Waals surface area contributed by atoms with E-state index in [4.69, 9.17) is 0 Å². The summed E-state index contributed by atoms with van der Waals surface area (Å²) in [5, 5.41) is 8.71. The van der Waals surface area contributed by atoms with E-state index < -0.39 is 0 Å². The lowest BCUT2D eigenvalue weighted by Gasteiger charge is -2.20. The summed E-state index contributed by atoms with van der Waals surface area (Å²) < 4.78 is 0. The van der Waals surface area contributed by atoms with Crippen LogP contribution < -0.4 is 16.0 Å². The van der Waals surface area contributed by atoms with E-state index in [0.29, 0.717) is 31.8 Å². The minimum absolute atomic E-state index is 0.0572. The zero-order chi connectivity index (χ0) is 14.6. The van der Waals surface area contributed by atoms with Crippen molar-refractivity contribution < 1.29 is 9.59 Å². The Kier molecular flexibility index (Phi) is 9.04. The lowest BCUT2D eigenvalue weighted by atomic mass is 9.87. The van der Waals surface area contributed by atoms with Crippen molar-refractivity contribution in [2.45, 2.75) is 51.4 Å². The van der Waals surface area contributed by atoms with Crippen molar-refractivity contribution in [1.82, 2.24) is 16.0 Å². The van der Waals surface area contributed by atoms with Gasteiger partial charge in [0.05, 0.1) is 0 Å². The molecule has 0 unspecified atom stereocenters. The Balaban J connectivity index is 1.97. The Morgan fingerprint density at radius 2 is 1.60 bits per heavy atom. The molecule has 1 aliphatic carbocycles. The van der Waals surface area contributed by atoms with Crippen LogP contribution >= 0.6 is 0 Å². The van der Waals surface area contributed by atoms with Crippen LogP contribution in [0.1, 0.15) is 51.4 Å². The molecule has 3 N–H and O–H groups in total. The highest BCUT2D eigenvalue weighted by molar-refractivity contribution is 5.77. The standard InChI is InChI=1S/C15H29N3O2/c1-16-9-5-8-14(19)17-10-11-18-15(20)12-13-6-3-2-4-7-13/h13,16H,2-12H2,1H3,(H,17,19)(H,18,20). The Morgan fingerprint density at radius 1 is 0.950 bits per heavy atom. The second kappa shape index (κ2) is 10.7. The third-order valence-electron chi connectivity index (χ3n) is 3.80. The van der Waals surface area contributed by atoms with E-state index in [2.05, 4.69) is 16.0 Å². The van der Waals surface area contributed by atoms with E-state index >= 15 is 0 Å². The average Bonchev–Trinajstić information content (AvgIpc) is 2.45. The molecule has 2 amide bonds. The van der Waals surface area contributed by atoms with Crippen molar-refractivity contribution in [1.29, 1.82) is 0 Å². The first-order valence-electron chi connectivity index (χ1n) is 7.90. The number of hydrogen-bond acceptors (Lipinski definition) is 3. The molecule has 0 aromatic rings. The monoisotopic (exact) mass is 283 g/mol. The molecule has 1 aliphatic rings. The van der Waals surface area contributed by atoms with Gasteiger partial charge in [0.25, 0.3) is 0 Å². The Morgan fingerprint density at radius 3 is 2.25 bits per heavy atom. The molecular weight excluding hydrogens is 254 g/mol. The minimum atomic E-state index is 0.0572. The summed E-state index contributed by atoms with van der Waals surface area (Å²) in [7, 11) is 1.87. The number of carbonyl (C=O) groups excluding carboxylic acids is 2. The van der Waals surface area contributed by atoms with Crippen LogP contribution in [-0.4, -0.2) is 38.5 Å². The molecule has 1 saturated carbocycles. The number of rotatable bonds is 9. The fraction of sp³-hybridized carbons (Fsp3) is 0.867. The maximum atomic E-state index is 11.7. The molecule has 0 aromatic heterocycles. The first kappa shape index (κ1) is 17.0. The summed E-state index contributed by atoms with van der Waals surface area (Å²) in [6, 6.07) is 0. The van der Waals surface area contributed by atoms with E-state index in [9.17, 15) is 9.59 Å². The summed E-state index contributed by atoms with van der Waals surface area (Å²) in [6.45, 7) is 1.91. The summed E-state index contributed by atoms with van der Waals surface area (Å²) in [5.74, 6) is 0.753. The van der Waals surface area contributed by atoms with Gasteiger partial charge in [-0.2, -0.15) is 0 Å². The largest absolute Gasteiger partial charge is 0.354 e. The van der Waals surface area contributed by atoms with Gasteiger partial charge in [0.2, 0.25) is 11.8 Å². The van der Waals surface area contributed by atoms with Gasteiger partial charge in [-0.1, -0.05) is 19.3 Å². The topological polar surface area (TPSA) is 70.2 Å². The Labute approximate surface area is 122 Å². The zero-order valence-corrected chi connectivity index (χ0v) is 12.7. The molecule has 0 aliphatic heterocycles. The molecule has 5 nitrogen and oxygen atoms in total. The van der Waals surface area contributed by atoms with Crippen molar-refractivity contribution in [3.63, 3.8) is 0 Å². The first-order chi connectivity index (χ1) is 9.72. The highest BCUT2D eigenvalue weighted by Crippen LogP contribution is 2.25. The van der Waals surface area contributed by atoms with Gasteiger partial charge in [0, 0.05) is 25.9 Å². The predicted molar refractivity (Wildman–Crippen MR) is 80.4 cm³/mol. The molecule has 0 radical (unpaired) electrons. The fourth-order valence-corrected chi connectivity index (χ4v) is 2.64. The zero-order valence-electron chi connectivity index (χ0n) is 12.7. The van der Waals surface area contributed by atoms with E-state index in [0.717, 1.165) is 13.0 Å². The summed E-state index contributed by atoms with van der Waals surface area (Å²) in [4.78, 5) is 23.2. The van der Waals surface area contributed by atoms with Gasteiger partial charge in [-0.05, 0) is 38.8 Å². The van der Waals surface area contributed by atoms with E-state index in [1.54, 1.807) is 0 Å². The van der Waals surface area contributed by atoms with E-state index in [1.807, 2.05) is 7.05 Å². The summed E-state index contributed by atoms with van der Waals surface area (Å²) in [6.07, 6.45) is 8.26. The average molecular weight is 283 g/mol. The van der Waals surface area contributed by atoms with Gasteiger partial charge in [-0.15, -0.1) is 0 Å². The number of nitrogens with one attached hydrogen (secondary N) is 3. The highest BCUT2D eigenvalue weighted by atomic mass is 16.2. The van der Waals surface area contributed by atoms with E-state index in [1.165, 1.54) is 32.1 Å². The van der Waals surface area contributed by atoms with Gasteiger partial charge in [-0.3, -0.25) is 9.59 Å². The van der Waals surface area contributed by atoms with Gasteiger partial charge in [0.15, 0.2) is 0 Å². The van der Waals surface area contributed by atoms with Crippen LogP contribution in [0, 0.1) is 5.92 Å². The Bertz CT molecular complexity index is 289. The molecule has 0 spiro atoms. The minimum Gasteiger partial charge on any atom is -0.354 e. The van der Waals surface area contributed by atoms with Crippen molar-refractivity contribution >= 4 is 11.8 Å². The molecule has 0 bridgehead atoms. The first-order valence-corrected chi connectivity index (χ1v) is 7.90. The molecule has 0 aromatic carbocycles. The SMILES string of the molecule is CNCCCC(=O)NCCNC(=O)CC1CCCCC1. The van der Waals surface area contributed by atoms with Crippen molar-refractivity contribution in [3.05, 3.63) is 0 Å². The van der Waals surface area contributed by atoms with Gasteiger partial charge in [-0.25, -0.2) is 0 Å². The molecule has 1 fully saturated rings. The van der Waals surface area contributed by atoms with Crippen LogP contribution in [0.3, 0.4) is 0 Å². The van der Waals surface area contributed by atoms with Crippen LogP contribution in [0.5, 0.6) is 0 Å². The second-order valence-electron chi connectivity index (χ2n) is 5.62. The number of hydrogen-bond donors (Lipinski definition) is 3. The second-order valence-corrected chi connectivity index (χ2v) is 5.62. The normalized spacial score (nSPS) is 15.8. The molecule has 0 heterocycles. The third kappa shape index (κ3) is 8.15. The van der Waals surface area contributed by atoms with Gasteiger partial charge in [0.1, 0.15) is 0 Å². The molecule has 0 saturated heterocycles. The lowest BCUT2D eigenvalue weighted by molar-refractivity contribution is -0.123. The fourth-order valence-electron chi connectivity index (χ4n) is 2.64. The molecule has 1 rings (SSSR count). The number of amides is 2. The van der Waals surface area contributed by atoms with Gasteiger partial charge < -0.3 is 16.0 Å². The van der Waals surface area contributed by atoms with Crippen molar-refractivity contribution in [3.8, 4) is 0 Å². The summed E-state index contributed by atoms with van der Waals surface area (Å²) in [5.41, 5.74) is 0. The van der Waals surface area contributed by atoms with Crippen LogP contribution in [0.25, 0.3) is 0 Å². The van der Waals surface area contributed by atoms with Crippen LogP contribution in [-0.2, 0) is 9.59 Å².